The van der Waals surface area contributed by atoms with E-state index < -0.39 is 18.3 Å². The monoisotopic (exact) mass is 282 g/mol. The molecular formula is C9H27AlO4Si2. The molecule has 0 aromatic carbocycles. The molecule has 0 N–H and O–H groups in total. The van der Waals surface area contributed by atoms with Crippen molar-refractivity contribution in [1.82, 2.24) is 0 Å². The molecule has 0 spiro atoms. The van der Waals surface area contributed by atoms with Gasteiger partial charge < -0.3 is 19.4 Å². The summed E-state index contributed by atoms with van der Waals surface area (Å²) in [6, 6.07) is 0. The molecule has 0 atom stereocenters. The van der Waals surface area contributed by atoms with Crippen molar-refractivity contribution in [3.63, 3.8) is 0 Å². The van der Waals surface area contributed by atoms with Crippen molar-refractivity contribution in [3.05, 3.63) is 0 Å². The van der Waals surface area contributed by atoms with Gasteiger partial charge in [-0.3, -0.25) is 0 Å². The predicted octanol–water partition coefficient (Wildman–Crippen LogP) is -3.55. The van der Waals surface area contributed by atoms with E-state index in [1.54, 1.807) is 41.5 Å². The summed E-state index contributed by atoms with van der Waals surface area (Å²) in [7, 11) is 1.86. The smallest absolute Gasteiger partial charge is 0.852 e. The molecule has 4 nitrogen and oxygen atoms in total. The fraction of sp³-hybridized carbons (Fsp3) is 1.00. The predicted molar refractivity (Wildman–Crippen MR) is 72.1 cm³/mol. The maximum absolute atomic E-state index is 9.53. The second kappa shape index (κ2) is 29.7. The van der Waals surface area contributed by atoms with Gasteiger partial charge in [0.25, 0.3) is 0 Å². The number of rotatable bonds is 0. The molecule has 0 aromatic rings. The van der Waals surface area contributed by atoms with Crippen LogP contribution in [0.1, 0.15) is 41.5 Å². The summed E-state index contributed by atoms with van der Waals surface area (Å²) in [6.45, 7) is 9.67. The van der Waals surface area contributed by atoms with Crippen LogP contribution in [0.15, 0.2) is 0 Å². The third-order valence-corrected chi connectivity index (χ3v) is 0. The summed E-state index contributed by atoms with van der Waals surface area (Å²) in [4.78, 5) is 0. The Kier molecular flexibility index (Phi) is 55.9. The van der Waals surface area contributed by atoms with Crippen LogP contribution in [0.25, 0.3) is 0 Å². The van der Waals surface area contributed by atoms with Gasteiger partial charge in [-0.05, 0) is 0 Å². The van der Waals surface area contributed by atoms with Crippen LogP contribution in [-0.2, 0) is 4.12 Å². The largest absolute Gasteiger partial charge is 3.00 e. The molecule has 0 radical (unpaired) electrons. The molecular weight excluding hydrogens is 255 g/mol. The van der Waals surface area contributed by atoms with Crippen LogP contribution in [0.5, 0.6) is 0 Å². The Morgan fingerprint density at radius 2 is 0.688 bits per heavy atom. The molecule has 0 saturated carbocycles. The van der Waals surface area contributed by atoms with Crippen molar-refractivity contribution in [2.75, 3.05) is 0 Å². The van der Waals surface area contributed by atoms with Crippen molar-refractivity contribution >= 4 is 38.3 Å². The minimum absolute atomic E-state index is 0. The third-order valence-electron chi connectivity index (χ3n) is 0. The maximum Gasteiger partial charge on any atom is 3.00 e. The first-order valence-electron chi connectivity index (χ1n) is 4.99. The summed E-state index contributed by atoms with van der Waals surface area (Å²) < 4.78 is 4.53. The molecule has 7 heteroatoms. The first-order valence-corrected chi connectivity index (χ1v) is 6.62. The molecule has 0 amide bonds. The van der Waals surface area contributed by atoms with Gasteiger partial charge in [-0.1, -0.05) is 41.5 Å². The zero-order valence-corrected chi connectivity index (χ0v) is 17.1. The molecule has 0 aliphatic carbocycles. The molecule has 98 valence electrons. The molecule has 0 saturated heterocycles. The Morgan fingerprint density at radius 3 is 0.688 bits per heavy atom. The molecule has 0 aliphatic rings. The Balaban J connectivity index is -0.0000000331. The van der Waals surface area contributed by atoms with E-state index in [0.717, 1.165) is 21.0 Å². The molecule has 0 aromatic heterocycles. The van der Waals surface area contributed by atoms with Crippen molar-refractivity contribution in [1.29, 1.82) is 0 Å². The summed E-state index contributed by atoms with van der Waals surface area (Å²) in [5, 5.41) is 28.6. The van der Waals surface area contributed by atoms with Crippen molar-refractivity contribution in [3.8, 4) is 0 Å². The van der Waals surface area contributed by atoms with E-state index in [-0.39, 0.29) is 17.4 Å². The van der Waals surface area contributed by atoms with Crippen LogP contribution in [0.4, 0.5) is 0 Å². The van der Waals surface area contributed by atoms with Crippen LogP contribution in [0.3, 0.4) is 0 Å². The number of hydrogen-bond donors (Lipinski definition) is 0. The molecule has 0 heterocycles. The van der Waals surface area contributed by atoms with E-state index in [4.69, 9.17) is 0 Å². The van der Waals surface area contributed by atoms with Gasteiger partial charge in [0.1, 0.15) is 21.0 Å². The van der Waals surface area contributed by atoms with E-state index in [1.807, 2.05) is 0 Å². The standard InChI is InChI=1S/3C3H7O.Al.H6OSi2/c3*1-3(2)4;;2-1-3/h3*3H,1-2H3;;2-3H3/q3*-1;+3;. The zero-order valence-electron chi connectivity index (χ0n) is 11.9. The van der Waals surface area contributed by atoms with E-state index in [1.165, 1.54) is 0 Å². The number of hydrogen-bond acceptors (Lipinski definition) is 4. The third kappa shape index (κ3) is 4340. The Bertz CT molecular complexity index is 63.4. The minimum Gasteiger partial charge on any atom is -0.852 e. The van der Waals surface area contributed by atoms with Gasteiger partial charge in [-0.25, -0.2) is 0 Å². The molecule has 0 aliphatic heterocycles. The van der Waals surface area contributed by atoms with E-state index in [0.29, 0.717) is 0 Å². The summed E-state index contributed by atoms with van der Waals surface area (Å²) in [5.74, 6) is 0. The molecule has 0 fully saturated rings. The second-order valence-corrected chi connectivity index (χ2v) is 6.82. The van der Waals surface area contributed by atoms with Crippen LogP contribution < -0.4 is 15.3 Å². The minimum atomic E-state index is -0.417. The fourth-order valence-electron chi connectivity index (χ4n) is 0. The maximum atomic E-state index is 9.53. The van der Waals surface area contributed by atoms with Crippen LogP contribution >= 0.6 is 0 Å². The summed E-state index contributed by atoms with van der Waals surface area (Å²) in [6.07, 6.45) is -1.25. The Labute approximate surface area is 118 Å². The summed E-state index contributed by atoms with van der Waals surface area (Å²) in [5.41, 5.74) is 0. The second-order valence-electron chi connectivity index (χ2n) is 3.55. The van der Waals surface area contributed by atoms with Gasteiger partial charge in [0.2, 0.25) is 0 Å². The van der Waals surface area contributed by atoms with Gasteiger partial charge in [0, 0.05) is 0 Å². The topological polar surface area (TPSA) is 78.4 Å². The first-order chi connectivity index (χ1) is 6.61. The van der Waals surface area contributed by atoms with Gasteiger partial charge in [0.15, 0.2) is 0 Å². The first kappa shape index (κ1) is 30.1. The Hall–Kier alpha value is 0.806. The molecule has 0 bridgehead atoms. The van der Waals surface area contributed by atoms with Gasteiger partial charge in [0.05, 0.1) is 0 Å². The molecule has 0 unspecified atom stereocenters. The van der Waals surface area contributed by atoms with Gasteiger partial charge in [-0.2, -0.15) is 0 Å². The average molecular weight is 282 g/mol. The van der Waals surface area contributed by atoms with E-state index in [2.05, 4.69) is 4.12 Å². The fourth-order valence-corrected chi connectivity index (χ4v) is 0. The van der Waals surface area contributed by atoms with E-state index >= 15 is 0 Å². The Morgan fingerprint density at radius 1 is 0.688 bits per heavy atom. The van der Waals surface area contributed by atoms with E-state index in [9.17, 15) is 15.3 Å². The average Bonchev–Trinajstić information content (AvgIpc) is 1.81. The van der Waals surface area contributed by atoms with Crippen LogP contribution in [-0.4, -0.2) is 56.6 Å². The summed E-state index contributed by atoms with van der Waals surface area (Å²) >= 11 is 0. The van der Waals surface area contributed by atoms with Crippen molar-refractivity contribution < 1.29 is 19.4 Å². The van der Waals surface area contributed by atoms with Crippen LogP contribution in [0.2, 0.25) is 0 Å². The SMILES string of the molecule is CC(C)[O-].CC(C)[O-].CC(C)[O-].[Al+3].[SiH3]O[SiH3]. The quantitative estimate of drug-likeness (QED) is 0.431. The van der Waals surface area contributed by atoms with Crippen LogP contribution in [0, 0.1) is 0 Å². The van der Waals surface area contributed by atoms with Gasteiger partial charge in [-0.15, -0.1) is 18.3 Å². The van der Waals surface area contributed by atoms with Crippen molar-refractivity contribution in [2.24, 2.45) is 0 Å². The van der Waals surface area contributed by atoms with Crippen molar-refractivity contribution in [2.45, 2.75) is 59.9 Å². The van der Waals surface area contributed by atoms with Gasteiger partial charge >= 0.3 is 17.4 Å². The molecule has 0 rings (SSSR count). The molecule has 16 heavy (non-hydrogen) atoms. The normalized spacial score (nSPS) is 8.25. The zero-order chi connectivity index (χ0) is 13.4.